The van der Waals surface area contributed by atoms with Gasteiger partial charge in [0.05, 0.1) is 35.4 Å². The number of nitro groups is 1. The Balaban J connectivity index is 1.76. The molecule has 2 heterocycles. The van der Waals surface area contributed by atoms with Gasteiger partial charge in [-0.3, -0.25) is 10.1 Å². The van der Waals surface area contributed by atoms with E-state index in [1.165, 1.54) is 36.7 Å². The molecule has 1 aromatic heterocycles. The summed E-state index contributed by atoms with van der Waals surface area (Å²) in [5.74, 6) is -0.364. The largest absolute Gasteiger partial charge is 0.481 e. The second kappa shape index (κ2) is 7.53. The summed E-state index contributed by atoms with van der Waals surface area (Å²) < 4.78 is 32.4. The highest BCUT2D eigenvalue weighted by Crippen LogP contribution is 2.36. The van der Waals surface area contributed by atoms with Crippen LogP contribution < -0.4 is 10.1 Å². The molecule has 0 saturated carbocycles. The quantitative estimate of drug-likeness (QED) is 0.500. The van der Waals surface area contributed by atoms with Gasteiger partial charge in [0.1, 0.15) is 24.0 Å². The monoisotopic (exact) mass is 405 g/mol. The number of benzene rings is 2. The first-order chi connectivity index (χ1) is 13.8. The Hall–Kier alpha value is -3.04. The SMILES string of the molecule is [2H]C1(Oc2cc3ncnc(Nc4ccc(F)c(Cl)c4)c3cc2[N+](=O)[O-])CCOC1. The van der Waals surface area contributed by atoms with Gasteiger partial charge in [-0.05, 0) is 18.2 Å². The fraction of sp³-hybridized carbons (Fsp3) is 0.222. The molecule has 1 aliphatic heterocycles. The van der Waals surface area contributed by atoms with E-state index in [9.17, 15) is 14.5 Å². The van der Waals surface area contributed by atoms with Crippen molar-refractivity contribution in [3.8, 4) is 5.75 Å². The number of nitrogens with one attached hydrogen (secondary N) is 1. The van der Waals surface area contributed by atoms with Gasteiger partial charge in [-0.15, -0.1) is 0 Å². The molecule has 1 aliphatic rings. The van der Waals surface area contributed by atoms with Crippen LogP contribution in [0.3, 0.4) is 0 Å². The first-order valence-corrected chi connectivity index (χ1v) is 8.64. The smallest absolute Gasteiger partial charge is 0.311 e. The molecule has 4 rings (SSSR count). The van der Waals surface area contributed by atoms with Gasteiger partial charge in [-0.25, -0.2) is 14.4 Å². The number of hydrogen-bond donors (Lipinski definition) is 1. The lowest BCUT2D eigenvalue weighted by Crippen LogP contribution is -2.16. The minimum Gasteiger partial charge on any atom is -0.481 e. The van der Waals surface area contributed by atoms with Crippen LogP contribution in [0.5, 0.6) is 5.75 Å². The molecule has 28 heavy (non-hydrogen) atoms. The van der Waals surface area contributed by atoms with Crippen molar-refractivity contribution in [2.45, 2.75) is 12.5 Å². The predicted octanol–water partition coefficient (Wildman–Crippen LogP) is 4.24. The minimum absolute atomic E-state index is 0.0180. The number of hydrogen-bond acceptors (Lipinski definition) is 7. The van der Waals surface area contributed by atoms with Gasteiger partial charge in [0.15, 0.2) is 5.75 Å². The van der Waals surface area contributed by atoms with Gasteiger partial charge in [0.25, 0.3) is 0 Å². The van der Waals surface area contributed by atoms with E-state index in [0.717, 1.165) is 0 Å². The Bertz CT molecular complexity index is 1110. The standard InChI is InChI=1S/C18H14ClFN4O4/c19-13-5-10(1-2-14(13)20)23-18-12-6-16(24(25)26)17(7-15(12)21-9-22-18)28-11-3-4-27-8-11/h1-2,5-7,9,11H,3-4,8H2,(H,21,22,23)/i11D. The van der Waals surface area contributed by atoms with Crippen LogP contribution in [0.4, 0.5) is 21.6 Å². The fourth-order valence-corrected chi connectivity index (χ4v) is 2.97. The highest BCUT2D eigenvalue weighted by atomic mass is 35.5. The Kier molecular flexibility index (Phi) is 4.59. The van der Waals surface area contributed by atoms with E-state index < -0.39 is 16.8 Å². The molecule has 1 N–H and O–H groups in total. The molecule has 0 spiro atoms. The summed E-state index contributed by atoms with van der Waals surface area (Å²) >= 11 is 5.80. The van der Waals surface area contributed by atoms with Crippen LogP contribution in [0.1, 0.15) is 7.79 Å². The van der Waals surface area contributed by atoms with Crippen molar-refractivity contribution in [3.63, 3.8) is 0 Å². The van der Waals surface area contributed by atoms with E-state index in [0.29, 0.717) is 29.6 Å². The van der Waals surface area contributed by atoms with E-state index in [4.69, 9.17) is 22.4 Å². The molecular formula is C18H14ClFN4O4. The number of anilines is 2. The van der Waals surface area contributed by atoms with E-state index in [1.807, 2.05) is 0 Å². The number of fused-ring (bicyclic) bond motifs is 1. The second-order valence-electron chi connectivity index (χ2n) is 6.01. The van der Waals surface area contributed by atoms with E-state index in [1.54, 1.807) is 0 Å². The van der Waals surface area contributed by atoms with Gasteiger partial charge in [0.2, 0.25) is 0 Å². The second-order valence-corrected chi connectivity index (χ2v) is 6.42. The first kappa shape index (κ1) is 17.1. The molecule has 8 nitrogen and oxygen atoms in total. The molecule has 0 aliphatic carbocycles. The van der Waals surface area contributed by atoms with Crippen molar-refractivity contribution in [1.29, 1.82) is 0 Å². The van der Waals surface area contributed by atoms with Crippen molar-refractivity contribution < 1.29 is 20.2 Å². The summed E-state index contributed by atoms with van der Waals surface area (Å²) in [5, 5.41) is 14.8. The summed E-state index contributed by atoms with van der Waals surface area (Å²) in [6, 6.07) is 6.70. The van der Waals surface area contributed by atoms with Crippen molar-refractivity contribution >= 4 is 39.7 Å². The lowest BCUT2D eigenvalue weighted by molar-refractivity contribution is -0.385. The molecule has 0 bridgehead atoms. The highest BCUT2D eigenvalue weighted by Gasteiger charge is 2.24. The predicted molar refractivity (Wildman–Crippen MR) is 101 cm³/mol. The van der Waals surface area contributed by atoms with Crippen LogP contribution in [-0.2, 0) is 4.74 Å². The molecule has 1 saturated heterocycles. The number of ether oxygens (including phenoxy) is 2. The van der Waals surface area contributed by atoms with Crippen molar-refractivity contribution in [2.75, 3.05) is 18.5 Å². The van der Waals surface area contributed by atoms with Crippen LogP contribution in [0.25, 0.3) is 10.9 Å². The number of aromatic nitrogens is 2. The summed E-state index contributed by atoms with van der Waals surface area (Å²) in [6.45, 7) is 0.367. The molecule has 1 atom stereocenters. The fourth-order valence-electron chi connectivity index (χ4n) is 2.79. The molecule has 0 amide bonds. The van der Waals surface area contributed by atoms with E-state index >= 15 is 0 Å². The maximum absolute atomic E-state index is 13.4. The Morgan fingerprint density at radius 3 is 2.96 bits per heavy atom. The summed E-state index contributed by atoms with van der Waals surface area (Å²) in [6.07, 6.45) is 0.183. The summed E-state index contributed by atoms with van der Waals surface area (Å²) in [5.41, 5.74) is 0.498. The maximum Gasteiger partial charge on any atom is 0.311 e. The van der Waals surface area contributed by atoms with Gasteiger partial charge in [-0.1, -0.05) is 11.6 Å². The third-order valence-corrected chi connectivity index (χ3v) is 4.43. The zero-order valence-electron chi connectivity index (χ0n) is 15.3. The van der Waals surface area contributed by atoms with E-state index in [-0.39, 0.29) is 28.9 Å². The van der Waals surface area contributed by atoms with Crippen molar-refractivity contribution in [3.05, 3.63) is 57.6 Å². The number of halogens is 2. The minimum atomic E-state index is -1.39. The number of rotatable bonds is 5. The Morgan fingerprint density at radius 1 is 1.39 bits per heavy atom. The molecule has 10 heteroatoms. The lowest BCUT2D eigenvalue weighted by atomic mass is 10.2. The zero-order valence-corrected chi connectivity index (χ0v) is 15.1. The zero-order chi connectivity index (χ0) is 20.6. The third kappa shape index (κ3) is 3.67. The average Bonchev–Trinajstić information content (AvgIpc) is 3.10. The highest BCUT2D eigenvalue weighted by molar-refractivity contribution is 6.31. The molecule has 3 aromatic rings. The normalized spacial score (nSPS) is 19.4. The van der Waals surface area contributed by atoms with Gasteiger partial charge >= 0.3 is 5.69 Å². The molecule has 1 fully saturated rings. The Morgan fingerprint density at radius 2 is 2.25 bits per heavy atom. The number of nitrogens with zero attached hydrogens (tertiary/aromatic N) is 3. The topological polar surface area (TPSA) is 99.4 Å². The van der Waals surface area contributed by atoms with Gasteiger partial charge in [-0.2, -0.15) is 0 Å². The average molecular weight is 406 g/mol. The Labute approximate surface area is 164 Å². The van der Waals surface area contributed by atoms with Crippen molar-refractivity contribution in [1.82, 2.24) is 9.97 Å². The molecule has 0 radical (unpaired) electrons. The third-order valence-electron chi connectivity index (χ3n) is 4.14. The van der Waals surface area contributed by atoms with Gasteiger partial charge < -0.3 is 14.8 Å². The van der Waals surface area contributed by atoms with Crippen LogP contribution in [0.2, 0.25) is 5.02 Å². The number of nitro benzene ring substituents is 1. The van der Waals surface area contributed by atoms with Gasteiger partial charge in [0, 0.05) is 24.2 Å². The van der Waals surface area contributed by atoms with Crippen LogP contribution in [0.15, 0.2) is 36.7 Å². The van der Waals surface area contributed by atoms with Crippen molar-refractivity contribution in [2.24, 2.45) is 0 Å². The van der Waals surface area contributed by atoms with Crippen LogP contribution in [0, 0.1) is 15.9 Å². The van der Waals surface area contributed by atoms with Crippen LogP contribution >= 0.6 is 11.6 Å². The molecule has 1 unspecified atom stereocenters. The first-order valence-electron chi connectivity index (χ1n) is 8.77. The molecule has 2 aromatic carbocycles. The summed E-state index contributed by atoms with van der Waals surface area (Å²) in [4.78, 5) is 19.3. The lowest BCUT2D eigenvalue weighted by Gasteiger charge is -2.14. The molecular weight excluding hydrogens is 391 g/mol. The van der Waals surface area contributed by atoms with E-state index in [2.05, 4.69) is 15.3 Å². The summed E-state index contributed by atoms with van der Waals surface area (Å²) in [7, 11) is 0. The maximum atomic E-state index is 13.4. The van der Waals surface area contributed by atoms with Crippen LogP contribution in [-0.4, -0.2) is 34.2 Å². The molecule has 144 valence electrons.